The summed E-state index contributed by atoms with van der Waals surface area (Å²) in [5, 5.41) is 20.1. The van der Waals surface area contributed by atoms with E-state index in [4.69, 9.17) is 5.11 Å². The fourth-order valence-corrected chi connectivity index (χ4v) is 5.70. The fraction of sp³-hybridized carbons (Fsp3) is 0.0667. The standard InChI is InChI=1S/C11H7O2.C4H5O2.Zn/c12-11(13)10-6-5-8-3-1-2-4-9(8)7-10;1-3(2)4(5)6;/h1-6H,(H,12,13);1H,2H3,(H,5,6);. The first-order valence-corrected chi connectivity index (χ1v) is 9.34. The number of benzene rings is 2. The average molecular weight is 322 g/mol. The van der Waals surface area contributed by atoms with Crippen LogP contribution in [0.5, 0.6) is 0 Å². The molecule has 0 aliphatic heterocycles. The van der Waals surface area contributed by atoms with Crippen molar-refractivity contribution in [2.24, 2.45) is 0 Å². The van der Waals surface area contributed by atoms with Crippen LogP contribution in [0.3, 0.4) is 0 Å². The van der Waals surface area contributed by atoms with E-state index in [9.17, 15) is 14.7 Å². The third kappa shape index (κ3) is 2.94. The molecule has 4 nitrogen and oxygen atoms in total. The molecule has 0 spiro atoms. The van der Waals surface area contributed by atoms with Crippen LogP contribution in [0, 0.1) is 0 Å². The van der Waals surface area contributed by atoms with Gasteiger partial charge in [0.1, 0.15) is 0 Å². The Morgan fingerprint density at radius 3 is 2.45 bits per heavy atom. The van der Waals surface area contributed by atoms with Crippen molar-refractivity contribution >= 4 is 26.9 Å². The van der Waals surface area contributed by atoms with Gasteiger partial charge in [0.25, 0.3) is 0 Å². The minimum absolute atomic E-state index is 0.286. The molecule has 0 atom stereocenters. The Kier molecular flexibility index (Phi) is 4.30. The third-order valence-electron chi connectivity index (χ3n) is 3.22. The number of carboxylic acids is 2. The number of fused-ring (bicyclic) bond motifs is 1. The average Bonchev–Trinajstić information content (AvgIpc) is 2.43. The molecule has 0 saturated carbocycles. The Morgan fingerprint density at radius 2 is 1.80 bits per heavy atom. The van der Waals surface area contributed by atoms with Crippen LogP contribution in [-0.2, 0) is 21.9 Å². The normalized spacial score (nSPS) is 11.2. The summed E-state index contributed by atoms with van der Waals surface area (Å²) in [5.41, 5.74) is 0.576. The molecule has 0 fully saturated rings. The van der Waals surface area contributed by atoms with Crippen molar-refractivity contribution in [2.45, 2.75) is 6.92 Å². The van der Waals surface area contributed by atoms with Crippen LogP contribution < -0.4 is 4.16 Å². The number of hydrogen-bond acceptors (Lipinski definition) is 2. The maximum absolute atomic E-state index is 11.3. The van der Waals surface area contributed by atoms with Gasteiger partial charge in [0.05, 0.1) is 0 Å². The van der Waals surface area contributed by atoms with Crippen molar-refractivity contribution in [3.63, 3.8) is 0 Å². The molecular formula is C15H12O4Zn. The molecule has 20 heavy (non-hydrogen) atoms. The second kappa shape index (κ2) is 5.97. The van der Waals surface area contributed by atoms with Gasteiger partial charge in [0.15, 0.2) is 0 Å². The van der Waals surface area contributed by atoms with Crippen molar-refractivity contribution in [3.8, 4) is 0 Å². The third-order valence-corrected chi connectivity index (χ3v) is 7.39. The predicted molar refractivity (Wildman–Crippen MR) is 71.9 cm³/mol. The van der Waals surface area contributed by atoms with Crippen molar-refractivity contribution in [3.05, 3.63) is 52.2 Å². The van der Waals surface area contributed by atoms with Crippen molar-refractivity contribution < 1.29 is 36.9 Å². The number of hydrogen-bond donors (Lipinski definition) is 2. The molecule has 98 valence electrons. The van der Waals surface area contributed by atoms with Gasteiger partial charge >= 0.3 is 123 Å². The zero-order valence-electron chi connectivity index (χ0n) is 11.0. The summed E-state index contributed by atoms with van der Waals surface area (Å²) in [4.78, 5) is 22.2. The Bertz CT molecular complexity index is 719. The van der Waals surface area contributed by atoms with E-state index in [0.717, 1.165) is 14.9 Å². The summed E-state index contributed by atoms with van der Waals surface area (Å²) >= 11 is -1.61. The molecule has 0 heterocycles. The van der Waals surface area contributed by atoms with Crippen LogP contribution in [0.1, 0.15) is 17.3 Å². The van der Waals surface area contributed by atoms with Gasteiger partial charge in [-0.1, -0.05) is 0 Å². The number of aromatic carboxylic acids is 1. The summed E-state index contributed by atoms with van der Waals surface area (Å²) in [6, 6.07) is 11.0. The van der Waals surface area contributed by atoms with Crippen LogP contribution in [0.25, 0.3) is 10.8 Å². The van der Waals surface area contributed by atoms with Crippen LogP contribution in [0.15, 0.2) is 46.6 Å². The minimum atomic E-state index is -1.61. The molecule has 0 aliphatic rings. The van der Waals surface area contributed by atoms with Crippen LogP contribution in [0.2, 0.25) is 0 Å². The first-order chi connectivity index (χ1) is 9.50. The molecule has 0 bridgehead atoms. The zero-order valence-corrected chi connectivity index (χ0v) is 13.9. The molecule has 0 aliphatic carbocycles. The van der Waals surface area contributed by atoms with E-state index in [2.05, 4.69) is 0 Å². The molecule has 0 saturated heterocycles. The van der Waals surface area contributed by atoms with Crippen molar-refractivity contribution in [2.75, 3.05) is 0 Å². The Labute approximate surface area is 123 Å². The van der Waals surface area contributed by atoms with Gasteiger partial charge < -0.3 is 0 Å². The van der Waals surface area contributed by atoms with E-state index in [1.807, 2.05) is 24.3 Å². The van der Waals surface area contributed by atoms with Crippen molar-refractivity contribution in [1.82, 2.24) is 0 Å². The maximum atomic E-state index is 11.3. The molecule has 2 N–H and O–H groups in total. The van der Waals surface area contributed by atoms with E-state index < -0.39 is 29.1 Å². The zero-order chi connectivity index (χ0) is 14.7. The van der Waals surface area contributed by atoms with E-state index in [0.29, 0.717) is 0 Å². The Balaban J connectivity index is 2.58. The number of carbonyl (C=O) groups is 2. The molecule has 5 heteroatoms. The van der Waals surface area contributed by atoms with Gasteiger partial charge in [0, 0.05) is 0 Å². The van der Waals surface area contributed by atoms with Crippen LogP contribution >= 0.6 is 0 Å². The topological polar surface area (TPSA) is 74.6 Å². The Hall–Kier alpha value is -2.00. The second-order valence-electron chi connectivity index (χ2n) is 4.51. The number of carboxylic acid groups (broad SMARTS) is 2. The molecule has 2 aromatic rings. The first-order valence-electron chi connectivity index (χ1n) is 6.14. The molecule has 0 amide bonds. The van der Waals surface area contributed by atoms with Gasteiger partial charge in [-0.15, -0.1) is 0 Å². The SMILES string of the molecule is CC(=[CH][Zn][c]1c(C(=O)O)ccc2ccccc12)C(=O)O. The van der Waals surface area contributed by atoms with Gasteiger partial charge in [-0.2, -0.15) is 0 Å². The fourth-order valence-electron chi connectivity index (χ4n) is 2.10. The van der Waals surface area contributed by atoms with Crippen molar-refractivity contribution in [1.29, 1.82) is 0 Å². The molecule has 0 unspecified atom stereocenters. The van der Waals surface area contributed by atoms with Crippen LogP contribution in [0.4, 0.5) is 0 Å². The van der Waals surface area contributed by atoms with E-state index in [1.165, 1.54) is 0 Å². The van der Waals surface area contributed by atoms with Gasteiger partial charge in [-0.3, -0.25) is 0 Å². The molecular weight excluding hydrogens is 310 g/mol. The second-order valence-corrected chi connectivity index (χ2v) is 7.71. The summed E-state index contributed by atoms with van der Waals surface area (Å²) in [5.74, 6) is -1.91. The van der Waals surface area contributed by atoms with Crippen LogP contribution in [-0.4, -0.2) is 22.2 Å². The molecule has 0 radical (unpaired) electrons. The monoisotopic (exact) mass is 320 g/mol. The number of aliphatic carboxylic acids is 1. The molecule has 2 rings (SSSR count). The first kappa shape index (κ1) is 14.4. The van der Waals surface area contributed by atoms with E-state index in [1.54, 1.807) is 23.7 Å². The van der Waals surface area contributed by atoms with Gasteiger partial charge in [-0.25, -0.2) is 0 Å². The Morgan fingerprint density at radius 1 is 1.10 bits per heavy atom. The summed E-state index contributed by atoms with van der Waals surface area (Å²) in [7, 11) is 0. The van der Waals surface area contributed by atoms with E-state index in [-0.39, 0.29) is 11.1 Å². The van der Waals surface area contributed by atoms with Gasteiger partial charge in [-0.05, 0) is 0 Å². The summed E-state index contributed by atoms with van der Waals surface area (Å²) in [6.45, 7) is 1.54. The summed E-state index contributed by atoms with van der Waals surface area (Å²) in [6.07, 6.45) is 0. The quantitative estimate of drug-likeness (QED) is 0.669. The molecule has 2 aromatic carbocycles. The van der Waals surface area contributed by atoms with E-state index >= 15 is 0 Å². The van der Waals surface area contributed by atoms with Gasteiger partial charge in [0.2, 0.25) is 0 Å². The predicted octanol–water partition coefficient (Wildman–Crippen LogP) is 2.23. The summed E-state index contributed by atoms with van der Waals surface area (Å²) < 4.78 is 2.55. The number of rotatable bonds is 4. The molecule has 0 aromatic heterocycles.